The minimum atomic E-state index is -0.190. The molecule has 1 N–H and O–H groups in total. The molecule has 21 heavy (non-hydrogen) atoms. The lowest BCUT2D eigenvalue weighted by Gasteiger charge is -2.13. The predicted octanol–water partition coefficient (Wildman–Crippen LogP) is 4.28. The Kier molecular flexibility index (Phi) is 4.86. The molecule has 1 amide bonds. The number of aryl methyl sites for hydroxylation is 3. The molecule has 0 saturated carbocycles. The van der Waals surface area contributed by atoms with E-state index in [1.54, 1.807) is 24.3 Å². The molecule has 0 aliphatic rings. The topological polar surface area (TPSA) is 38.3 Å². The molecule has 0 saturated heterocycles. The zero-order valence-corrected chi connectivity index (χ0v) is 13.1. The van der Waals surface area contributed by atoms with E-state index < -0.39 is 0 Å². The van der Waals surface area contributed by atoms with Crippen molar-refractivity contribution in [2.75, 3.05) is 11.9 Å². The lowest BCUT2D eigenvalue weighted by molar-refractivity contribution is -0.118. The van der Waals surface area contributed by atoms with E-state index in [9.17, 15) is 4.79 Å². The molecule has 110 valence electrons. The van der Waals surface area contributed by atoms with Gasteiger partial charge in [-0.15, -0.1) is 0 Å². The van der Waals surface area contributed by atoms with Crippen molar-refractivity contribution in [2.24, 2.45) is 0 Å². The average molecular weight is 304 g/mol. The number of nitrogens with one attached hydrogen (secondary N) is 1. The highest BCUT2D eigenvalue weighted by molar-refractivity contribution is 6.30. The van der Waals surface area contributed by atoms with Gasteiger partial charge in [-0.25, -0.2) is 0 Å². The smallest absolute Gasteiger partial charge is 0.262 e. The molecular formula is C17H18ClNO2. The molecule has 3 nitrogen and oxygen atoms in total. The van der Waals surface area contributed by atoms with Crippen LogP contribution in [0.25, 0.3) is 0 Å². The van der Waals surface area contributed by atoms with Crippen LogP contribution < -0.4 is 10.1 Å². The fourth-order valence-electron chi connectivity index (χ4n) is 2.26. The molecule has 0 heterocycles. The van der Waals surface area contributed by atoms with Gasteiger partial charge in [-0.3, -0.25) is 4.79 Å². The van der Waals surface area contributed by atoms with Crippen LogP contribution in [-0.4, -0.2) is 12.5 Å². The lowest BCUT2D eigenvalue weighted by Crippen LogP contribution is -2.21. The van der Waals surface area contributed by atoms with Gasteiger partial charge >= 0.3 is 0 Å². The number of halogens is 1. The van der Waals surface area contributed by atoms with Gasteiger partial charge in [0.15, 0.2) is 6.61 Å². The van der Waals surface area contributed by atoms with Gasteiger partial charge in [0.05, 0.1) is 0 Å². The Morgan fingerprint density at radius 3 is 2.43 bits per heavy atom. The van der Waals surface area contributed by atoms with Crippen molar-refractivity contribution in [3.8, 4) is 5.75 Å². The number of amides is 1. The summed E-state index contributed by atoms with van der Waals surface area (Å²) in [7, 11) is 0. The molecule has 2 rings (SSSR count). The molecule has 0 aromatic heterocycles. The molecule has 0 atom stereocenters. The Morgan fingerprint density at radius 1 is 1.14 bits per heavy atom. The van der Waals surface area contributed by atoms with E-state index in [1.807, 2.05) is 32.9 Å². The fraction of sp³-hybridized carbons (Fsp3) is 0.235. The van der Waals surface area contributed by atoms with Gasteiger partial charge < -0.3 is 10.1 Å². The zero-order valence-electron chi connectivity index (χ0n) is 12.4. The average Bonchev–Trinajstić information content (AvgIpc) is 2.40. The van der Waals surface area contributed by atoms with E-state index in [2.05, 4.69) is 5.32 Å². The summed E-state index contributed by atoms with van der Waals surface area (Å²) in [4.78, 5) is 12.0. The first-order valence-corrected chi connectivity index (χ1v) is 7.09. The molecule has 0 unspecified atom stereocenters. The van der Waals surface area contributed by atoms with Crippen molar-refractivity contribution in [3.63, 3.8) is 0 Å². The predicted molar refractivity (Wildman–Crippen MR) is 86.2 cm³/mol. The van der Waals surface area contributed by atoms with E-state index in [0.717, 1.165) is 16.8 Å². The molecule has 0 radical (unpaired) electrons. The molecular weight excluding hydrogens is 286 g/mol. The summed E-state index contributed by atoms with van der Waals surface area (Å²) < 4.78 is 5.43. The number of anilines is 1. The van der Waals surface area contributed by atoms with Crippen LogP contribution in [0.5, 0.6) is 5.75 Å². The molecule has 0 bridgehead atoms. The largest absolute Gasteiger partial charge is 0.484 e. The maximum atomic E-state index is 12.0. The first-order chi connectivity index (χ1) is 9.95. The summed E-state index contributed by atoms with van der Waals surface area (Å²) in [6, 6.07) is 11.1. The van der Waals surface area contributed by atoms with Crippen molar-refractivity contribution >= 4 is 23.2 Å². The number of ether oxygens (including phenoxy) is 1. The standard InChI is InChI=1S/C17H18ClNO2/c1-11-7-12(2)17(13(3)8-11)19-16(20)10-21-15-6-4-5-14(18)9-15/h4-9H,10H2,1-3H3,(H,19,20). The van der Waals surface area contributed by atoms with Gasteiger partial charge in [0.1, 0.15) is 5.75 Å². The third kappa shape index (κ3) is 4.23. The van der Waals surface area contributed by atoms with Gasteiger partial charge in [0, 0.05) is 10.7 Å². The van der Waals surface area contributed by atoms with Crippen molar-refractivity contribution in [2.45, 2.75) is 20.8 Å². The summed E-state index contributed by atoms with van der Waals surface area (Å²) in [6.45, 7) is 5.95. The van der Waals surface area contributed by atoms with E-state index in [4.69, 9.17) is 16.3 Å². The Bertz CT molecular complexity index is 645. The van der Waals surface area contributed by atoms with Crippen molar-refractivity contribution in [1.82, 2.24) is 0 Å². The van der Waals surface area contributed by atoms with Crippen LogP contribution in [0.3, 0.4) is 0 Å². The maximum absolute atomic E-state index is 12.0. The van der Waals surface area contributed by atoms with Crippen LogP contribution in [0.4, 0.5) is 5.69 Å². The first kappa shape index (κ1) is 15.4. The van der Waals surface area contributed by atoms with Crippen molar-refractivity contribution in [3.05, 3.63) is 58.1 Å². The molecule has 0 fully saturated rings. The minimum Gasteiger partial charge on any atom is -0.484 e. The van der Waals surface area contributed by atoms with Gasteiger partial charge in [-0.1, -0.05) is 35.4 Å². The minimum absolute atomic E-state index is 0.0485. The number of rotatable bonds is 4. The van der Waals surface area contributed by atoms with E-state index >= 15 is 0 Å². The number of carbonyl (C=O) groups excluding carboxylic acids is 1. The van der Waals surface area contributed by atoms with Gasteiger partial charge in [0.25, 0.3) is 5.91 Å². The van der Waals surface area contributed by atoms with Crippen LogP contribution in [0.15, 0.2) is 36.4 Å². The zero-order chi connectivity index (χ0) is 15.4. The molecule has 0 aliphatic heterocycles. The molecule has 4 heteroatoms. The summed E-state index contributed by atoms with van der Waals surface area (Å²) in [5, 5.41) is 3.48. The summed E-state index contributed by atoms with van der Waals surface area (Å²) in [6.07, 6.45) is 0. The SMILES string of the molecule is Cc1cc(C)c(NC(=O)COc2cccc(Cl)c2)c(C)c1. The number of benzene rings is 2. The molecule has 0 spiro atoms. The van der Waals surface area contributed by atoms with Crippen LogP contribution in [-0.2, 0) is 4.79 Å². The Labute approximate surface area is 129 Å². The van der Waals surface area contributed by atoms with Crippen LogP contribution in [0, 0.1) is 20.8 Å². The van der Waals surface area contributed by atoms with E-state index in [-0.39, 0.29) is 12.5 Å². The lowest BCUT2D eigenvalue weighted by atomic mass is 10.1. The van der Waals surface area contributed by atoms with Gasteiger partial charge in [-0.2, -0.15) is 0 Å². The highest BCUT2D eigenvalue weighted by Crippen LogP contribution is 2.22. The van der Waals surface area contributed by atoms with Gasteiger partial charge in [-0.05, 0) is 50.1 Å². The second-order valence-corrected chi connectivity index (χ2v) is 5.50. The third-order valence-electron chi connectivity index (χ3n) is 3.11. The fourth-order valence-corrected chi connectivity index (χ4v) is 2.44. The highest BCUT2D eigenvalue weighted by atomic mass is 35.5. The summed E-state index contributed by atoms with van der Waals surface area (Å²) >= 11 is 5.87. The van der Waals surface area contributed by atoms with E-state index in [0.29, 0.717) is 10.8 Å². The molecule has 2 aromatic carbocycles. The normalized spacial score (nSPS) is 10.3. The quantitative estimate of drug-likeness (QED) is 0.915. The Morgan fingerprint density at radius 2 is 1.81 bits per heavy atom. The summed E-state index contributed by atoms with van der Waals surface area (Å²) in [5.41, 5.74) is 4.12. The van der Waals surface area contributed by atoms with Crippen LogP contribution in [0.1, 0.15) is 16.7 Å². The second-order valence-electron chi connectivity index (χ2n) is 5.07. The van der Waals surface area contributed by atoms with Crippen LogP contribution >= 0.6 is 11.6 Å². The summed E-state index contributed by atoms with van der Waals surface area (Å²) in [5.74, 6) is 0.389. The van der Waals surface area contributed by atoms with Gasteiger partial charge in [0.2, 0.25) is 0 Å². The first-order valence-electron chi connectivity index (χ1n) is 6.72. The number of hydrogen-bond donors (Lipinski definition) is 1. The highest BCUT2D eigenvalue weighted by Gasteiger charge is 2.09. The third-order valence-corrected chi connectivity index (χ3v) is 3.34. The van der Waals surface area contributed by atoms with Crippen molar-refractivity contribution in [1.29, 1.82) is 0 Å². The number of hydrogen-bond acceptors (Lipinski definition) is 2. The second kappa shape index (κ2) is 6.64. The number of carbonyl (C=O) groups is 1. The Balaban J connectivity index is 1.99. The Hall–Kier alpha value is -2.00. The van der Waals surface area contributed by atoms with Crippen molar-refractivity contribution < 1.29 is 9.53 Å². The van der Waals surface area contributed by atoms with E-state index in [1.165, 1.54) is 5.56 Å². The molecule has 0 aliphatic carbocycles. The van der Waals surface area contributed by atoms with Crippen LogP contribution in [0.2, 0.25) is 5.02 Å². The maximum Gasteiger partial charge on any atom is 0.262 e. The monoisotopic (exact) mass is 303 g/mol. The molecule has 2 aromatic rings.